The largest absolute Gasteiger partial charge is 0.398 e. The van der Waals surface area contributed by atoms with E-state index in [0.717, 1.165) is 38.1 Å². The summed E-state index contributed by atoms with van der Waals surface area (Å²) in [6, 6.07) is 11.9. The fourth-order valence-corrected chi connectivity index (χ4v) is 2.60. The number of aromatic nitrogens is 2. The van der Waals surface area contributed by atoms with E-state index in [2.05, 4.69) is 25.9 Å². The maximum Gasteiger partial charge on any atom is 0.140 e. The highest BCUT2D eigenvalue weighted by Gasteiger charge is 2.10. The standard InChI is InChI=1S/C14H12BrN3/c1-8-6-9(15)7-10(13(8)16)14-17-11-4-2-3-5-12(11)18-14/h2-7H,16H2,1H3,(H,17,18). The Kier molecular flexibility index (Phi) is 2.59. The molecule has 0 aliphatic rings. The smallest absolute Gasteiger partial charge is 0.140 e. The summed E-state index contributed by atoms with van der Waals surface area (Å²) >= 11 is 3.49. The summed E-state index contributed by atoms with van der Waals surface area (Å²) in [7, 11) is 0. The molecule has 0 amide bonds. The molecule has 0 bridgehead atoms. The van der Waals surface area contributed by atoms with Gasteiger partial charge < -0.3 is 10.7 Å². The van der Waals surface area contributed by atoms with Gasteiger partial charge in [-0.05, 0) is 36.8 Å². The number of aromatic amines is 1. The summed E-state index contributed by atoms with van der Waals surface area (Å²) in [6.45, 7) is 1.99. The van der Waals surface area contributed by atoms with Crippen molar-refractivity contribution in [3.8, 4) is 11.4 Å². The Morgan fingerprint density at radius 2 is 2.00 bits per heavy atom. The van der Waals surface area contributed by atoms with Crippen LogP contribution in [0.2, 0.25) is 0 Å². The van der Waals surface area contributed by atoms with Gasteiger partial charge in [-0.15, -0.1) is 0 Å². The van der Waals surface area contributed by atoms with Crippen molar-refractivity contribution in [2.75, 3.05) is 5.73 Å². The fourth-order valence-electron chi connectivity index (χ4n) is 2.03. The zero-order valence-corrected chi connectivity index (χ0v) is 11.5. The number of nitrogens with two attached hydrogens (primary N) is 1. The van der Waals surface area contributed by atoms with Crippen molar-refractivity contribution in [3.05, 3.63) is 46.4 Å². The summed E-state index contributed by atoms with van der Waals surface area (Å²) in [4.78, 5) is 7.86. The number of fused-ring (bicyclic) bond motifs is 1. The minimum atomic E-state index is 0.761. The number of H-pyrrole nitrogens is 1. The first kappa shape index (κ1) is 11.3. The first-order valence-corrected chi connectivity index (χ1v) is 6.45. The molecule has 1 aromatic heterocycles. The van der Waals surface area contributed by atoms with Crippen LogP contribution in [0.4, 0.5) is 5.69 Å². The second-order valence-electron chi connectivity index (χ2n) is 4.29. The second-order valence-corrected chi connectivity index (χ2v) is 5.20. The number of aryl methyl sites for hydroxylation is 1. The molecule has 3 aromatic rings. The Hall–Kier alpha value is -1.81. The van der Waals surface area contributed by atoms with Gasteiger partial charge in [0.1, 0.15) is 5.82 Å². The van der Waals surface area contributed by atoms with Gasteiger partial charge in [0.15, 0.2) is 0 Å². The first-order valence-electron chi connectivity index (χ1n) is 5.66. The number of rotatable bonds is 1. The number of imidazole rings is 1. The van der Waals surface area contributed by atoms with Gasteiger partial charge in [0, 0.05) is 15.7 Å². The van der Waals surface area contributed by atoms with Crippen LogP contribution in [0.15, 0.2) is 40.9 Å². The molecule has 0 fully saturated rings. The number of nitrogens with zero attached hydrogens (tertiary/aromatic N) is 1. The third-order valence-electron chi connectivity index (χ3n) is 3.00. The van der Waals surface area contributed by atoms with Crippen LogP contribution in [0, 0.1) is 6.92 Å². The van der Waals surface area contributed by atoms with Crippen LogP contribution in [0.25, 0.3) is 22.4 Å². The second kappa shape index (κ2) is 4.14. The molecule has 3 rings (SSSR count). The minimum absolute atomic E-state index is 0.761. The lowest BCUT2D eigenvalue weighted by Crippen LogP contribution is -1.95. The van der Waals surface area contributed by atoms with Crippen LogP contribution < -0.4 is 5.73 Å². The predicted octanol–water partition coefficient (Wildman–Crippen LogP) is 3.88. The topological polar surface area (TPSA) is 54.7 Å². The van der Waals surface area contributed by atoms with Gasteiger partial charge in [-0.25, -0.2) is 4.98 Å². The van der Waals surface area contributed by atoms with Gasteiger partial charge in [0.25, 0.3) is 0 Å². The van der Waals surface area contributed by atoms with Crippen molar-refractivity contribution in [2.24, 2.45) is 0 Å². The molecule has 4 heteroatoms. The average Bonchev–Trinajstić information content (AvgIpc) is 2.77. The van der Waals surface area contributed by atoms with Gasteiger partial charge in [0.05, 0.1) is 11.0 Å². The van der Waals surface area contributed by atoms with E-state index in [4.69, 9.17) is 5.73 Å². The summed E-state index contributed by atoms with van der Waals surface area (Å²) in [5, 5.41) is 0. The molecule has 0 spiro atoms. The fraction of sp³-hybridized carbons (Fsp3) is 0.0714. The Bertz CT molecular complexity index is 698. The van der Waals surface area contributed by atoms with E-state index in [0.29, 0.717) is 0 Å². The van der Waals surface area contributed by atoms with Crippen LogP contribution in [-0.4, -0.2) is 9.97 Å². The SMILES string of the molecule is Cc1cc(Br)cc(-c2nc3ccccc3[nH]2)c1N. The molecular weight excluding hydrogens is 290 g/mol. The highest BCUT2D eigenvalue weighted by molar-refractivity contribution is 9.10. The van der Waals surface area contributed by atoms with Gasteiger partial charge in [-0.3, -0.25) is 0 Å². The van der Waals surface area contributed by atoms with Crippen LogP contribution in [0.5, 0.6) is 0 Å². The maximum atomic E-state index is 6.12. The molecule has 18 heavy (non-hydrogen) atoms. The summed E-state index contributed by atoms with van der Waals surface area (Å²) in [5.74, 6) is 0.804. The van der Waals surface area contributed by atoms with Gasteiger partial charge >= 0.3 is 0 Å². The van der Waals surface area contributed by atoms with E-state index in [1.54, 1.807) is 0 Å². The van der Waals surface area contributed by atoms with Crippen molar-refractivity contribution < 1.29 is 0 Å². The van der Waals surface area contributed by atoms with E-state index < -0.39 is 0 Å². The lowest BCUT2D eigenvalue weighted by atomic mass is 10.1. The van der Waals surface area contributed by atoms with E-state index in [1.807, 2.05) is 43.3 Å². The monoisotopic (exact) mass is 301 g/mol. The number of anilines is 1. The lowest BCUT2D eigenvalue weighted by molar-refractivity contribution is 1.32. The van der Waals surface area contributed by atoms with Gasteiger partial charge in [-0.2, -0.15) is 0 Å². The molecule has 0 aliphatic heterocycles. The molecule has 3 nitrogen and oxygen atoms in total. The normalized spacial score (nSPS) is 11.0. The van der Waals surface area contributed by atoms with Gasteiger partial charge in [-0.1, -0.05) is 28.1 Å². The van der Waals surface area contributed by atoms with Crippen molar-refractivity contribution in [1.29, 1.82) is 0 Å². The summed E-state index contributed by atoms with van der Waals surface area (Å²) < 4.78 is 1.00. The van der Waals surface area contributed by atoms with E-state index in [9.17, 15) is 0 Å². The number of benzene rings is 2. The predicted molar refractivity (Wildman–Crippen MR) is 78.4 cm³/mol. The third kappa shape index (κ3) is 1.78. The third-order valence-corrected chi connectivity index (χ3v) is 3.45. The Morgan fingerprint density at radius 1 is 1.22 bits per heavy atom. The lowest BCUT2D eigenvalue weighted by Gasteiger charge is -2.06. The van der Waals surface area contributed by atoms with Crippen LogP contribution in [0.1, 0.15) is 5.56 Å². The number of nitrogen functional groups attached to an aromatic ring is 1. The van der Waals surface area contributed by atoms with Crippen molar-refractivity contribution in [3.63, 3.8) is 0 Å². The van der Waals surface area contributed by atoms with E-state index in [1.165, 1.54) is 0 Å². The highest BCUT2D eigenvalue weighted by Crippen LogP contribution is 2.31. The summed E-state index contributed by atoms with van der Waals surface area (Å²) in [5.41, 5.74) is 10.8. The quantitative estimate of drug-likeness (QED) is 0.670. The molecule has 2 aromatic carbocycles. The number of nitrogens with one attached hydrogen (secondary N) is 1. The Labute approximate surface area is 113 Å². The molecule has 90 valence electrons. The molecule has 1 heterocycles. The molecule has 3 N–H and O–H groups in total. The molecular formula is C14H12BrN3. The zero-order valence-electron chi connectivity index (χ0n) is 9.87. The Balaban J connectivity index is 2.26. The van der Waals surface area contributed by atoms with Crippen LogP contribution >= 0.6 is 15.9 Å². The maximum absolute atomic E-state index is 6.12. The van der Waals surface area contributed by atoms with E-state index in [-0.39, 0.29) is 0 Å². The number of para-hydroxylation sites is 2. The Morgan fingerprint density at radius 3 is 2.78 bits per heavy atom. The van der Waals surface area contributed by atoms with Gasteiger partial charge in [0.2, 0.25) is 0 Å². The molecule has 0 unspecified atom stereocenters. The summed E-state index contributed by atoms with van der Waals surface area (Å²) in [6.07, 6.45) is 0. The average molecular weight is 302 g/mol. The molecule has 0 atom stereocenters. The molecule has 0 saturated carbocycles. The van der Waals surface area contributed by atoms with E-state index >= 15 is 0 Å². The zero-order chi connectivity index (χ0) is 12.7. The molecule has 0 radical (unpaired) electrons. The molecule has 0 saturated heterocycles. The van der Waals surface area contributed by atoms with Crippen molar-refractivity contribution in [2.45, 2.75) is 6.92 Å². The molecule has 0 aliphatic carbocycles. The first-order chi connectivity index (χ1) is 8.65. The van der Waals surface area contributed by atoms with Crippen LogP contribution in [0.3, 0.4) is 0 Å². The minimum Gasteiger partial charge on any atom is -0.398 e. The number of hydrogen-bond donors (Lipinski definition) is 2. The van der Waals surface area contributed by atoms with Crippen LogP contribution in [-0.2, 0) is 0 Å². The highest BCUT2D eigenvalue weighted by atomic mass is 79.9. The number of hydrogen-bond acceptors (Lipinski definition) is 2. The van der Waals surface area contributed by atoms with Crippen molar-refractivity contribution in [1.82, 2.24) is 9.97 Å². The number of halogens is 1. The van der Waals surface area contributed by atoms with Crippen molar-refractivity contribution >= 4 is 32.7 Å².